The maximum Gasteiger partial charge on any atom is 0.341 e. The van der Waals surface area contributed by atoms with Crippen LogP contribution < -0.4 is 0 Å². The molecular formula is C19H19ClO6. The lowest BCUT2D eigenvalue weighted by Gasteiger charge is -2.27. The molecule has 3 atom stereocenters. The highest BCUT2D eigenvalue weighted by Crippen LogP contribution is 2.18. The van der Waals surface area contributed by atoms with Gasteiger partial charge < -0.3 is 19.7 Å². The molecule has 2 aromatic carbocycles. The van der Waals surface area contributed by atoms with Crippen molar-refractivity contribution in [3.05, 3.63) is 71.8 Å². The van der Waals surface area contributed by atoms with Gasteiger partial charge in [-0.25, -0.2) is 9.59 Å². The van der Waals surface area contributed by atoms with Gasteiger partial charge in [0.2, 0.25) is 0 Å². The highest BCUT2D eigenvalue weighted by molar-refractivity contribution is 6.21. The van der Waals surface area contributed by atoms with Crippen molar-refractivity contribution in [2.75, 3.05) is 0 Å². The number of hydrogen-bond acceptors (Lipinski definition) is 6. The van der Waals surface area contributed by atoms with Gasteiger partial charge in [-0.2, -0.15) is 0 Å². The van der Waals surface area contributed by atoms with Crippen LogP contribution in [0.3, 0.4) is 0 Å². The van der Waals surface area contributed by atoms with E-state index in [4.69, 9.17) is 21.1 Å². The Bertz CT molecular complexity index is 666. The SMILES string of the molecule is CC(O)C(Cl)C(O)C(OC(=O)c1ccccc1)OC(=O)c1ccccc1. The van der Waals surface area contributed by atoms with Crippen molar-refractivity contribution in [2.24, 2.45) is 0 Å². The molecule has 3 unspecified atom stereocenters. The molecule has 0 saturated carbocycles. The lowest BCUT2D eigenvalue weighted by Crippen LogP contribution is -2.44. The predicted octanol–water partition coefficient (Wildman–Crippen LogP) is 2.38. The Balaban J connectivity index is 2.18. The van der Waals surface area contributed by atoms with Gasteiger partial charge in [-0.15, -0.1) is 11.6 Å². The summed E-state index contributed by atoms with van der Waals surface area (Å²) in [4.78, 5) is 24.5. The number of esters is 2. The second-order valence-electron chi connectivity index (χ2n) is 5.59. The highest BCUT2D eigenvalue weighted by Gasteiger charge is 2.35. The summed E-state index contributed by atoms with van der Waals surface area (Å²) < 4.78 is 10.3. The van der Waals surface area contributed by atoms with Gasteiger partial charge in [0.25, 0.3) is 6.29 Å². The number of alkyl halides is 1. The standard InChI is InChI=1S/C19H19ClO6/c1-12(21)15(20)16(22)19(25-17(23)13-8-4-2-5-9-13)26-18(24)14-10-6-3-7-11-14/h2-12,15-16,19,21-22H,1H3. The van der Waals surface area contributed by atoms with Gasteiger partial charge in [0.1, 0.15) is 6.10 Å². The number of halogens is 1. The first-order chi connectivity index (χ1) is 12.4. The number of aliphatic hydroxyl groups is 2. The lowest BCUT2D eigenvalue weighted by molar-refractivity contribution is -0.141. The van der Waals surface area contributed by atoms with E-state index in [1.165, 1.54) is 31.2 Å². The van der Waals surface area contributed by atoms with Crippen molar-refractivity contribution in [1.29, 1.82) is 0 Å². The summed E-state index contributed by atoms with van der Waals surface area (Å²) in [5.41, 5.74) is 0.423. The lowest BCUT2D eigenvalue weighted by atomic mass is 10.1. The van der Waals surface area contributed by atoms with Gasteiger partial charge >= 0.3 is 11.9 Å². The van der Waals surface area contributed by atoms with Gasteiger partial charge in [-0.1, -0.05) is 36.4 Å². The Morgan fingerprint density at radius 1 is 0.846 bits per heavy atom. The predicted molar refractivity (Wildman–Crippen MR) is 94.8 cm³/mol. The van der Waals surface area contributed by atoms with Crippen LogP contribution in [-0.2, 0) is 9.47 Å². The molecule has 2 rings (SSSR count). The molecule has 26 heavy (non-hydrogen) atoms. The fourth-order valence-electron chi connectivity index (χ4n) is 2.09. The fraction of sp³-hybridized carbons (Fsp3) is 0.263. The first-order valence-corrected chi connectivity index (χ1v) is 8.36. The van der Waals surface area contributed by atoms with Crippen LogP contribution in [0.15, 0.2) is 60.7 Å². The molecule has 0 radical (unpaired) electrons. The maximum atomic E-state index is 12.2. The van der Waals surface area contributed by atoms with Crippen LogP contribution in [-0.4, -0.2) is 46.0 Å². The average molecular weight is 379 g/mol. The summed E-state index contributed by atoms with van der Waals surface area (Å²) in [7, 11) is 0. The van der Waals surface area contributed by atoms with Crippen molar-refractivity contribution < 1.29 is 29.3 Å². The Labute approximate surface area is 155 Å². The van der Waals surface area contributed by atoms with Crippen molar-refractivity contribution in [3.63, 3.8) is 0 Å². The van der Waals surface area contributed by atoms with Crippen LogP contribution in [0.4, 0.5) is 0 Å². The van der Waals surface area contributed by atoms with E-state index in [1.54, 1.807) is 36.4 Å². The summed E-state index contributed by atoms with van der Waals surface area (Å²) >= 11 is 5.94. The molecular weight excluding hydrogens is 360 g/mol. The van der Waals surface area contributed by atoms with E-state index in [2.05, 4.69) is 0 Å². The Morgan fingerprint density at radius 2 is 1.23 bits per heavy atom. The zero-order valence-corrected chi connectivity index (χ0v) is 14.7. The van der Waals surface area contributed by atoms with E-state index in [-0.39, 0.29) is 11.1 Å². The van der Waals surface area contributed by atoms with E-state index in [0.717, 1.165) is 0 Å². The normalized spacial score (nSPS) is 14.3. The second kappa shape index (κ2) is 9.33. The minimum absolute atomic E-state index is 0.212. The highest BCUT2D eigenvalue weighted by atomic mass is 35.5. The number of benzene rings is 2. The third-order valence-electron chi connectivity index (χ3n) is 3.53. The first-order valence-electron chi connectivity index (χ1n) is 7.92. The van der Waals surface area contributed by atoms with E-state index < -0.39 is 35.8 Å². The summed E-state index contributed by atoms with van der Waals surface area (Å²) in [5, 5.41) is 18.6. The molecule has 0 aromatic heterocycles. The monoisotopic (exact) mass is 378 g/mol. The van der Waals surface area contributed by atoms with Gasteiger partial charge in [-0.05, 0) is 31.2 Å². The number of ether oxygens (including phenoxy) is 2. The van der Waals surface area contributed by atoms with E-state index in [9.17, 15) is 19.8 Å². The molecule has 0 aliphatic carbocycles. The van der Waals surface area contributed by atoms with Gasteiger partial charge in [0.15, 0.2) is 0 Å². The van der Waals surface area contributed by atoms with Crippen molar-refractivity contribution in [1.82, 2.24) is 0 Å². The van der Waals surface area contributed by atoms with E-state index >= 15 is 0 Å². The van der Waals surface area contributed by atoms with Crippen LogP contribution in [0, 0.1) is 0 Å². The van der Waals surface area contributed by atoms with Crippen LogP contribution in [0.5, 0.6) is 0 Å². The maximum absolute atomic E-state index is 12.2. The largest absolute Gasteiger partial charge is 0.419 e. The summed E-state index contributed by atoms with van der Waals surface area (Å²) in [5.74, 6) is -1.60. The third-order valence-corrected chi connectivity index (χ3v) is 4.15. The molecule has 2 N–H and O–H groups in total. The molecule has 0 spiro atoms. The minimum Gasteiger partial charge on any atom is -0.419 e. The molecule has 6 nitrogen and oxygen atoms in total. The Kier molecular flexibility index (Phi) is 7.15. The molecule has 138 valence electrons. The number of carbonyl (C=O) groups is 2. The smallest absolute Gasteiger partial charge is 0.341 e. The quantitative estimate of drug-likeness (QED) is 0.436. The zero-order valence-electron chi connectivity index (χ0n) is 14.0. The minimum atomic E-state index is -1.69. The number of hydrogen-bond donors (Lipinski definition) is 2. The molecule has 0 amide bonds. The molecule has 0 heterocycles. The molecule has 0 aliphatic rings. The number of aliphatic hydroxyl groups excluding tert-OH is 2. The van der Waals surface area contributed by atoms with Crippen LogP contribution in [0.1, 0.15) is 27.6 Å². The van der Waals surface area contributed by atoms with E-state index in [0.29, 0.717) is 0 Å². The number of carbonyl (C=O) groups excluding carboxylic acids is 2. The number of rotatable bonds is 7. The molecule has 0 bridgehead atoms. The first kappa shape index (κ1) is 19.9. The fourth-order valence-corrected chi connectivity index (χ4v) is 2.21. The Hall–Kier alpha value is -2.41. The van der Waals surface area contributed by atoms with Gasteiger partial charge in [-0.3, -0.25) is 0 Å². The Morgan fingerprint density at radius 3 is 1.58 bits per heavy atom. The molecule has 0 aliphatic heterocycles. The summed E-state index contributed by atoms with van der Waals surface area (Å²) in [6.45, 7) is 1.36. The van der Waals surface area contributed by atoms with Crippen molar-refractivity contribution in [3.8, 4) is 0 Å². The summed E-state index contributed by atoms with van der Waals surface area (Å²) in [6, 6.07) is 16.0. The summed E-state index contributed by atoms with van der Waals surface area (Å²) in [6.07, 6.45) is -4.44. The average Bonchev–Trinajstić information content (AvgIpc) is 2.67. The van der Waals surface area contributed by atoms with Crippen LogP contribution >= 0.6 is 11.6 Å². The van der Waals surface area contributed by atoms with Crippen molar-refractivity contribution >= 4 is 23.5 Å². The molecule has 0 saturated heterocycles. The van der Waals surface area contributed by atoms with Crippen molar-refractivity contribution in [2.45, 2.75) is 30.8 Å². The van der Waals surface area contributed by atoms with Gasteiger partial charge in [0, 0.05) is 0 Å². The molecule has 0 fully saturated rings. The second-order valence-corrected chi connectivity index (χ2v) is 6.09. The zero-order chi connectivity index (χ0) is 19.1. The topological polar surface area (TPSA) is 93.1 Å². The molecule has 2 aromatic rings. The van der Waals surface area contributed by atoms with E-state index in [1.807, 2.05) is 0 Å². The van der Waals surface area contributed by atoms with Gasteiger partial charge in [0.05, 0.1) is 22.6 Å². The molecule has 7 heteroatoms. The van der Waals surface area contributed by atoms with Crippen LogP contribution in [0.25, 0.3) is 0 Å². The third kappa shape index (κ3) is 5.29. The van der Waals surface area contributed by atoms with Crippen LogP contribution in [0.2, 0.25) is 0 Å².